The van der Waals surface area contributed by atoms with Crippen molar-refractivity contribution in [3.63, 3.8) is 0 Å². The van der Waals surface area contributed by atoms with Gasteiger partial charge in [0.05, 0.1) is 11.3 Å². The van der Waals surface area contributed by atoms with Gasteiger partial charge in [-0.1, -0.05) is 24.3 Å². The Bertz CT molecular complexity index is 1190. The van der Waals surface area contributed by atoms with E-state index < -0.39 is 5.97 Å². The number of furan rings is 1. The Balaban J connectivity index is 1.85. The van der Waals surface area contributed by atoms with E-state index in [1.165, 1.54) is 23.5 Å². The van der Waals surface area contributed by atoms with Crippen LogP contribution < -0.4 is 0 Å². The molecule has 27 heavy (non-hydrogen) atoms. The highest BCUT2D eigenvalue weighted by Crippen LogP contribution is 2.31. The maximum atomic E-state index is 13.5. The molecule has 5 heteroatoms. The molecular weight excluding hydrogens is 363 g/mol. The van der Waals surface area contributed by atoms with Crippen molar-refractivity contribution in [2.45, 2.75) is 6.42 Å². The molecule has 0 amide bonds. The van der Waals surface area contributed by atoms with E-state index in [1.54, 1.807) is 18.2 Å². The number of hydrogen-bond donors (Lipinski definition) is 1. The number of halogens is 1. The summed E-state index contributed by atoms with van der Waals surface area (Å²) in [7, 11) is 0. The summed E-state index contributed by atoms with van der Waals surface area (Å²) in [5.41, 5.74) is 2.58. The van der Waals surface area contributed by atoms with Gasteiger partial charge in [0.25, 0.3) is 0 Å². The summed E-state index contributed by atoms with van der Waals surface area (Å²) in [4.78, 5) is 12.2. The molecule has 1 N–H and O–H groups in total. The molecule has 0 aliphatic heterocycles. The third-order valence-electron chi connectivity index (χ3n) is 4.10. The first-order valence-corrected chi connectivity index (χ1v) is 9.07. The Labute approximate surface area is 158 Å². The predicted molar refractivity (Wildman–Crippen MR) is 103 cm³/mol. The topological polar surface area (TPSA) is 50.4 Å². The number of benzene rings is 2. The molecule has 3 nitrogen and oxygen atoms in total. The molecule has 0 spiro atoms. The van der Waals surface area contributed by atoms with Crippen LogP contribution in [-0.2, 0) is 11.2 Å². The van der Waals surface area contributed by atoms with Crippen LogP contribution in [0, 0.1) is 17.7 Å². The number of rotatable bonds is 3. The van der Waals surface area contributed by atoms with Crippen molar-refractivity contribution in [3.05, 3.63) is 82.0 Å². The summed E-state index contributed by atoms with van der Waals surface area (Å²) in [6, 6.07) is 15.5. The first-order chi connectivity index (χ1) is 13.1. The molecule has 0 saturated carbocycles. The van der Waals surface area contributed by atoms with Gasteiger partial charge in [-0.05, 0) is 58.7 Å². The Kier molecular flexibility index (Phi) is 4.49. The fraction of sp³-hybridized carbons (Fsp3) is 0.0455. The Hall–Kier alpha value is -3.36. The molecule has 2 heterocycles. The zero-order valence-electron chi connectivity index (χ0n) is 14.0. The van der Waals surface area contributed by atoms with Crippen molar-refractivity contribution in [2.24, 2.45) is 0 Å². The molecule has 0 aliphatic carbocycles. The van der Waals surface area contributed by atoms with E-state index in [0.29, 0.717) is 27.9 Å². The van der Waals surface area contributed by atoms with E-state index >= 15 is 0 Å². The molecule has 0 aliphatic rings. The minimum atomic E-state index is -0.965. The summed E-state index contributed by atoms with van der Waals surface area (Å²) in [5.74, 6) is 5.00. The van der Waals surface area contributed by atoms with E-state index in [2.05, 4.69) is 11.8 Å². The molecule has 132 valence electrons. The normalized spacial score (nSPS) is 10.6. The maximum absolute atomic E-state index is 13.5. The zero-order valence-corrected chi connectivity index (χ0v) is 14.8. The lowest BCUT2D eigenvalue weighted by molar-refractivity contribution is -0.136. The average Bonchev–Trinajstić information content (AvgIpc) is 3.27. The van der Waals surface area contributed by atoms with Gasteiger partial charge in [-0.25, -0.2) is 4.39 Å². The number of hydrogen-bond acceptors (Lipinski definition) is 3. The van der Waals surface area contributed by atoms with Crippen LogP contribution in [-0.4, -0.2) is 11.1 Å². The Morgan fingerprint density at radius 3 is 2.67 bits per heavy atom. The van der Waals surface area contributed by atoms with Crippen molar-refractivity contribution < 1.29 is 18.7 Å². The van der Waals surface area contributed by atoms with Crippen molar-refractivity contribution >= 4 is 28.3 Å². The van der Waals surface area contributed by atoms with Crippen LogP contribution in [0.5, 0.6) is 0 Å². The van der Waals surface area contributed by atoms with Crippen LogP contribution in [0.3, 0.4) is 0 Å². The summed E-state index contributed by atoms with van der Waals surface area (Å²) in [6.45, 7) is 0. The van der Waals surface area contributed by atoms with Crippen LogP contribution >= 0.6 is 11.3 Å². The third kappa shape index (κ3) is 3.62. The minimum absolute atomic E-state index is 0.200. The zero-order chi connectivity index (χ0) is 18.8. The SMILES string of the molecule is O=C(O)Cc1c(C#Cc2cccs2)oc2ccc(-c3cccc(F)c3)cc12. The van der Waals surface area contributed by atoms with Crippen molar-refractivity contribution in [1.29, 1.82) is 0 Å². The summed E-state index contributed by atoms with van der Waals surface area (Å²) in [5, 5.41) is 11.9. The second-order valence-corrected chi connectivity index (χ2v) is 6.88. The van der Waals surface area contributed by atoms with Crippen molar-refractivity contribution in [3.8, 4) is 23.0 Å². The van der Waals surface area contributed by atoms with E-state index in [4.69, 9.17) is 4.42 Å². The molecule has 2 aromatic carbocycles. The number of thiophene rings is 1. The van der Waals surface area contributed by atoms with Crippen LogP contribution in [0.4, 0.5) is 4.39 Å². The highest BCUT2D eigenvalue weighted by molar-refractivity contribution is 7.10. The second-order valence-electron chi connectivity index (χ2n) is 5.93. The first-order valence-electron chi connectivity index (χ1n) is 8.19. The quantitative estimate of drug-likeness (QED) is 0.492. The van der Waals surface area contributed by atoms with E-state index in [9.17, 15) is 14.3 Å². The highest BCUT2D eigenvalue weighted by atomic mass is 32.1. The Morgan fingerprint density at radius 2 is 1.93 bits per heavy atom. The largest absolute Gasteiger partial charge is 0.481 e. The van der Waals surface area contributed by atoms with Crippen LogP contribution in [0.15, 0.2) is 64.4 Å². The van der Waals surface area contributed by atoms with Gasteiger partial charge in [-0.2, -0.15) is 0 Å². The highest BCUT2D eigenvalue weighted by Gasteiger charge is 2.16. The van der Waals surface area contributed by atoms with Crippen molar-refractivity contribution in [2.75, 3.05) is 0 Å². The number of carbonyl (C=O) groups is 1. The lowest BCUT2D eigenvalue weighted by Gasteiger charge is -2.02. The van der Waals surface area contributed by atoms with Gasteiger partial charge in [-0.3, -0.25) is 4.79 Å². The number of carboxylic acid groups (broad SMARTS) is 1. The van der Waals surface area contributed by atoms with Gasteiger partial charge in [0.1, 0.15) is 11.4 Å². The molecule has 0 atom stereocenters. The van der Waals surface area contributed by atoms with Crippen LogP contribution in [0.1, 0.15) is 16.2 Å². The number of aliphatic carboxylic acids is 1. The molecule has 0 unspecified atom stereocenters. The molecule has 0 fully saturated rings. The van der Waals surface area contributed by atoms with Gasteiger partial charge < -0.3 is 9.52 Å². The standard InChI is InChI=1S/C22H13FO3S/c23-16-4-1-3-14(11-16)15-6-8-20-18(12-15)19(13-22(24)25)21(26-20)9-7-17-5-2-10-27-17/h1-6,8,10-12H,13H2,(H,24,25). The van der Waals surface area contributed by atoms with E-state index in [-0.39, 0.29) is 12.2 Å². The molecule has 4 aromatic rings. The first kappa shape index (κ1) is 17.1. The predicted octanol–water partition coefficient (Wildman–Crippen LogP) is 5.33. The average molecular weight is 376 g/mol. The van der Waals surface area contributed by atoms with Gasteiger partial charge in [0.15, 0.2) is 5.76 Å². The molecule has 0 radical (unpaired) electrons. The second kappa shape index (κ2) is 7.10. The van der Waals surface area contributed by atoms with E-state index in [1.807, 2.05) is 29.6 Å². The Morgan fingerprint density at radius 1 is 1.07 bits per heavy atom. The lowest BCUT2D eigenvalue weighted by Crippen LogP contribution is -2.00. The molecule has 2 aromatic heterocycles. The maximum Gasteiger partial charge on any atom is 0.308 e. The van der Waals surface area contributed by atoms with E-state index in [0.717, 1.165) is 10.4 Å². The van der Waals surface area contributed by atoms with Crippen molar-refractivity contribution in [1.82, 2.24) is 0 Å². The molecule has 0 bridgehead atoms. The third-order valence-corrected chi connectivity index (χ3v) is 4.88. The van der Waals surface area contributed by atoms with Gasteiger partial charge >= 0.3 is 5.97 Å². The summed E-state index contributed by atoms with van der Waals surface area (Å²) < 4.78 is 19.4. The van der Waals surface area contributed by atoms with Crippen LogP contribution in [0.2, 0.25) is 0 Å². The summed E-state index contributed by atoms with van der Waals surface area (Å²) >= 11 is 1.50. The number of fused-ring (bicyclic) bond motifs is 1. The lowest BCUT2D eigenvalue weighted by atomic mass is 10.0. The fourth-order valence-electron chi connectivity index (χ4n) is 2.89. The van der Waals surface area contributed by atoms with Gasteiger partial charge in [-0.15, -0.1) is 11.3 Å². The monoisotopic (exact) mass is 376 g/mol. The fourth-order valence-corrected chi connectivity index (χ4v) is 3.46. The molecule has 4 rings (SSSR count). The molecular formula is C22H13FO3S. The smallest absolute Gasteiger partial charge is 0.308 e. The van der Waals surface area contributed by atoms with Gasteiger partial charge in [0.2, 0.25) is 0 Å². The molecule has 0 saturated heterocycles. The van der Waals surface area contributed by atoms with Gasteiger partial charge in [0, 0.05) is 10.9 Å². The number of carboxylic acids is 1. The van der Waals surface area contributed by atoms with Crippen LogP contribution in [0.25, 0.3) is 22.1 Å². The summed E-state index contributed by atoms with van der Waals surface area (Å²) in [6.07, 6.45) is -0.200. The minimum Gasteiger partial charge on any atom is -0.481 e.